The number of rotatable bonds is 9. The van der Waals surface area contributed by atoms with E-state index in [1.807, 2.05) is 48.5 Å². The molecule has 3 rings (SSSR count). The number of nitrogens with zero attached hydrogens (tertiary/aromatic N) is 4. The number of para-hydroxylation sites is 2. The lowest BCUT2D eigenvalue weighted by molar-refractivity contribution is 0.408. The van der Waals surface area contributed by atoms with Crippen molar-refractivity contribution in [3.63, 3.8) is 0 Å². The Hall–Kier alpha value is -2.38. The van der Waals surface area contributed by atoms with Crippen LogP contribution in [0.2, 0.25) is 0 Å². The van der Waals surface area contributed by atoms with Gasteiger partial charge < -0.3 is 10.1 Å². The molecule has 2 aromatic carbocycles. The molecule has 6 nitrogen and oxygen atoms in total. The third-order valence-corrected chi connectivity index (χ3v) is 5.16. The molecule has 0 aliphatic rings. The van der Waals surface area contributed by atoms with Crippen LogP contribution in [0.4, 0.5) is 0 Å². The lowest BCUT2D eigenvalue weighted by atomic mass is 10.1. The summed E-state index contributed by atoms with van der Waals surface area (Å²) in [7, 11) is 1.71. The third kappa shape index (κ3) is 4.83. The van der Waals surface area contributed by atoms with Gasteiger partial charge in [0.05, 0.1) is 12.8 Å². The highest BCUT2D eigenvalue weighted by Crippen LogP contribution is 2.19. The second kappa shape index (κ2) is 9.35. The fourth-order valence-corrected chi connectivity index (χ4v) is 3.50. The summed E-state index contributed by atoms with van der Waals surface area (Å²) in [5, 5.41) is 16.4. The van der Waals surface area contributed by atoms with Crippen molar-refractivity contribution < 1.29 is 4.74 Å². The Kier molecular flexibility index (Phi) is 6.62. The highest BCUT2D eigenvalue weighted by molar-refractivity contribution is 7.99. The van der Waals surface area contributed by atoms with Gasteiger partial charge >= 0.3 is 0 Å². The fraction of sp³-hybridized carbons (Fsp3) is 0.316. The number of methoxy groups -OCH3 is 1. The third-order valence-electron chi connectivity index (χ3n) is 3.98. The van der Waals surface area contributed by atoms with Crippen molar-refractivity contribution >= 4 is 11.8 Å². The van der Waals surface area contributed by atoms with Crippen LogP contribution in [0, 0.1) is 0 Å². The van der Waals surface area contributed by atoms with Crippen LogP contribution < -0.4 is 10.1 Å². The number of thioether (sulfide) groups is 1. The molecule has 0 spiro atoms. The smallest absolute Gasteiger partial charge is 0.214 e. The molecule has 1 N–H and O–H groups in total. The number of aromatic nitrogens is 4. The number of hydrogen-bond acceptors (Lipinski definition) is 6. The Morgan fingerprint density at radius 3 is 2.69 bits per heavy atom. The van der Waals surface area contributed by atoms with Crippen LogP contribution in [-0.2, 0) is 6.42 Å². The summed E-state index contributed by atoms with van der Waals surface area (Å²) >= 11 is 1.65. The van der Waals surface area contributed by atoms with Crippen molar-refractivity contribution in [2.45, 2.75) is 24.5 Å². The Morgan fingerprint density at radius 1 is 1.12 bits per heavy atom. The number of ether oxygens (including phenoxy) is 1. The van der Waals surface area contributed by atoms with Crippen molar-refractivity contribution in [2.24, 2.45) is 0 Å². The first kappa shape index (κ1) is 18.4. The molecule has 0 saturated heterocycles. The van der Waals surface area contributed by atoms with E-state index in [2.05, 4.69) is 33.8 Å². The quantitative estimate of drug-likeness (QED) is 0.585. The number of benzene rings is 2. The highest BCUT2D eigenvalue weighted by Gasteiger charge is 2.11. The Labute approximate surface area is 158 Å². The van der Waals surface area contributed by atoms with Crippen molar-refractivity contribution in [2.75, 3.05) is 19.4 Å². The first-order valence-corrected chi connectivity index (χ1v) is 9.58. The van der Waals surface area contributed by atoms with Gasteiger partial charge in [-0.3, -0.25) is 0 Å². The predicted octanol–water partition coefficient (Wildman–Crippen LogP) is 2.98. The van der Waals surface area contributed by atoms with E-state index in [0.29, 0.717) is 6.04 Å². The van der Waals surface area contributed by atoms with Gasteiger partial charge in [-0.15, -0.1) is 5.10 Å². The van der Waals surface area contributed by atoms with Crippen LogP contribution in [-0.4, -0.2) is 45.7 Å². The molecule has 136 valence electrons. The lowest BCUT2D eigenvalue weighted by Crippen LogP contribution is -2.30. The maximum atomic E-state index is 5.40. The number of hydrogen-bond donors (Lipinski definition) is 1. The first-order chi connectivity index (χ1) is 12.8. The van der Waals surface area contributed by atoms with Gasteiger partial charge in [-0.2, -0.15) is 4.68 Å². The maximum Gasteiger partial charge on any atom is 0.214 e. The molecule has 1 heterocycles. The van der Waals surface area contributed by atoms with E-state index in [-0.39, 0.29) is 0 Å². The topological polar surface area (TPSA) is 64.9 Å². The van der Waals surface area contributed by atoms with Crippen LogP contribution in [0.5, 0.6) is 5.75 Å². The van der Waals surface area contributed by atoms with Gasteiger partial charge in [0.25, 0.3) is 0 Å². The van der Waals surface area contributed by atoms with Crippen molar-refractivity contribution in [1.82, 2.24) is 25.5 Å². The number of tetrazole rings is 1. The van der Waals surface area contributed by atoms with E-state index in [9.17, 15) is 0 Å². The molecule has 0 saturated carbocycles. The number of nitrogens with one attached hydrogen (secondary N) is 1. The average Bonchev–Trinajstić information content (AvgIpc) is 3.16. The summed E-state index contributed by atoms with van der Waals surface area (Å²) < 4.78 is 7.17. The Balaban J connectivity index is 1.48. The second-order valence-electron chi connectivity index (χ2n) is 5.94. The van der Waals surface area contributed by atoms with Gasteiger partial charge in [0.1, 0.15) is 5.75 Å². The molecule has 0 fully saturated rings. The van der Waals surface area contributed by atoms with Gasteiger partial charge in [-0.25, -0.2) is 0 Å². The summed E-state index contributed by atoms with van der Waals surface area (Å²) in [6, 6.07) is 18.4. The fourth-order valence-electron chi connectivity index (χ4n) is 2.62. The standard InChI is InChI=1S/C19H23N5OS/c1-15(20-13-12-16-8-6-7-11-18(16)25-2)14-26-19-21-22-23-24(19)17-9-4-3-5-10-17/h3-11,15,20H,12-14H2,1-2H3. The Morgan fingerprint density at radius 2 is 1.88 bits per heavy atom. The van der Waals surface area contributed by atoms with Crippen LogP contribution in [0.3, 0.4) is 0 Å². The minimum atomic E-state index is 0.343. The zero-order chi connectivity index (χ0) is 18.2. The van der Waals surface area contributed by atoms with E-state index in [4.69, 9.17) is 4.74 Å². The molecule has 0 bridgehead atoms. The summed E-state index contributed by atoms with van der Waals surface area (Å²) in [6.45, 7) is 3.07. The zero-order valence-corrected chi connectivity index (χ0v) is 15.8. The summed E-state index contributed by atoms with van der Waals surface area (Å²) in [4.78, 5) is 0. The van der Waals surface area contributed by atoms with Gasteiger partial charge in [-0.1, -0.05) is 48.2 Å². The molecule has 0 aliphatic heterocycles. The van der Waals surface area contributed by atoms with Gasteiger partial charge in [0.2, 0.25) is 5.16 Å². The van der Waals surface area contributed by atoms with Crippen LogP contribution in [0.15, 0.2) is 59.8 Å². The van der Waals surface area contributed by atoms with Gasteiger partial charge in [-0.05, 0) is 54.1 Å². The van der Waals surface area contributed by atoms with Crippen LogP contribution >= 0.6 is 11.8 Å². The van der Waals surface area contributed by atoms with Crippen molar-refractivity contribution in [1.29, 1.82) is 0 Å². The average molecular weight is 369 g/mol. The predicted molar refractivity (Wildman–Crippen MR) is 104 cm³/mol. The normalized spacial score (nSPS) is 12.1. The van der Waals surface area contributed by atoms with E-state index in [1.54, 1.807) is 23.6 Å². The molecule has 3 aromatic rings. The molecular weight excluding hydrogens is 346 g/mol. The van der Waals surface area contributed by atoms with Gasteiger partial charge in [0.15, 0.2) is 0 Å². The Bertz CT molecular complexity index is 808. The SMILES string of the molecule is COc1ccccc1CCNC(C)CSc1nnnn1-c1ccccc1. The molecule has 26 heavy (non-hydrogen) atoms. The van der Waals surface area contributed by atoms with E-state index < -0.39 is 0 Å². The monoisotopic (exact) mass is 369 g/mol. The second-order valence-corrected chi connectivity index (χ2v) is 6.92. The molecule has 0 aliphatic carbocycles. The first-order valence-electron chi connectivity index (χ1n) is 8.60. The lowest BCUT2D eigenvalue weighted by Gasteiger charge is -2.14. The molecule has 0 amide bonds. The molecule has 0 radical (unpaired) electrons. The zero-order valence-electron chi connectivity index (χ0n) is 15.0. The molecule has 7 heteroatoms. The van der Waals surface area contributed by atoms with Crippen LogP contribution in [0.1, 0.15) is 12.5 Å². The molecular formula is C19H23N5OS. The van der Waals surface area contributed by atoms with E-state index >= 15 is 0 Å². The summed E-state index contributed by atoms with van der Waals surface area (Å²) in [5.74, 6) is 1.83. The van der Waals surface area contributed by atoms with Crippen molar-refractivity contribution in [3.8, 4) is 11.4 Å². The summed E-state index contributed by atoms with van der Waals surface area (Å²) in [5.41, 5.74) is 2.19. The molecule has 1 aromatic heterocycles. The largest absolute Gasteiger partial charge is 0.496 e. The van der Waals surface area contributed by atoms with E-state index in [1.165, 1.54) is 5.56 Å². The molecule has 1 atom stereocenters. The van der Waals surface area contributed by atoms with Crippen molar-refractivity contribution in [3.05, 3.63) is 60.2 Å². The minimum Gasteiger partial charge on any atom is -0.496 e. The maximum absolute atomic E-state index is 5.40. The molecule has 1 unspecified atom stereocenters. The van der Waals surface area contributed by atoms with E-state index in [0.717, 1.165) is 35.3 Å². The highest BCUT2D eigenvalue weighted by atomic mass is 32.2. The minimum absolute atomic E-state index is 0.343. The van der Waals surface area contributed by atoms with Gasteiger partial charge in [0, 0.05) is 11.8 Å². The summed E-state index contributed by atoms with van der Waals surface area (Å²) in [6.07, 6.45) is 0.931. The van der Waals surface area contributed by atoms with Crippen LogP contribution in [0.25, 0.3) is 5.69 Å².